The van der Waals surface area contributed by atoms with Crippen LogP contribution in [-0.4, -0.2) is 65.3 Å². The highest BCUT2D eigenvalue weighted by Crippen LogP contribution is 2.41. The smallest absolute Gasteiger partial charge is 0.408 e. The molecule has 2 aromatic carbocycles. The summed E-state index contributed by atoms with van der Waals surface area (Å²) < 4.78 is 21.0. The largest absolute Gasteiger partial charge is 0.497 e. The highest BCUT2D eigenvalue weighted by Gasteiger charge is 2.57. The number of nitrogens with one attached hydrogen (secondary N) is 1. The van der Waals surface area contributed by atoms with Crippen LogP contribution in [0.4, 0.5) is 4.79 Å². The molecule has 200 valence electrons. The minimum Gasteiger partial charge on any atom is -0.497 e. The standard InChI is InChI=1S/C26H25BrN2O8S/c1-34-18-9-7-17(8-10-18)13-36-25(32)21-19(24(31)35-12-11-27)15-38-23-20(22(30)29(21)23)28-26(33)37-14-16-5-3-2-4-6-16/h2-10,15,20-21,23H,11-14H2,1H3,(H,28,33)/t20?,21?,23-/m0/s1. The number of alkyl carbamates (subject to hydrolysis) is 1. The van der Waals surface area contributed by atoms with Gasteiger partial charge in [0, 0.05) is 5.33 Å². The van der Waals surface area contributed by atoms with E-state index < -0.39 is 41.4 Å². The third kappa shape index (κ3) is 6.30. The number of methoxy groups -OCH3 is 1. The number of nitrogens with zero attached hydrogens (tertiary/aromatic N) is 1. The summed E-state index contributed by atoms with van der Waals surface area (Å²) in [6.45, 7) is 0.0541. The van der Waals surface area contributed by atoms with Crippen LogP contribution in [0.1, 0.15) is 11.1 Å². The molecule has 0 bridgehead atoms. The molecule has 12 heteroatoms. The average Bonchev–Trinajstić information content (AvgIpc) is 2.96. The molecule has 10 nitrogen and oxygen atoms in total. The second-order valence-electron chi connectivity index (χ2n) is 8.21. The molecule has 0 aliphatic carbocycles. The number of esters is 2. The molecule has 2 aromatic rings. The van der Waals surface area contributed by atoms with Gasteiger partial charge in [-0.2, -0.15) is 0 Å². The number of hydrogen-bond donors (Lipinski definition) is 1. The lowest BCUT2D eigenvalue weighted by molar-refractivity contribution is -0.164. The molecule has 1 fully saturated rings. The van der Waals surface area contributed by atoms with E-state index >= 15 is 0 Å². The maximum atomic E-state index is 13.2. The Kier molecular flexibility index (Phi) is 9.29. The molecule has 2 aliphatic heterocycles. The summed E-state index contributed by atoms with van der Waals surface area (Å²) in [5.74, 6) is -1.40. The van der Waals surface area contributed by atoms with Crippen molar-refractivity contribution in [1.29, 1.82) is 0 Å². The molecular weight excluding hydrogens is 580 g/mol. The first-order valence-corrected chi connectivity index (χ1v) is 13.7. The number of hydrogen-bond acceptors (Lipinski definition) is 9. The molecule has 4 rings (SSSR count). The van der Waals surface area contributed by atoms with E-state index in [9.17, 15) is 19.2 Å². The van der Waals surface area contributed by atoms with Gasteiger partial charge in [0.25, 0.3) is 0 Å². The minimum absolute atomic E-state index is 0.00890. The number of rotatable bonds is 10. The summed E-state index contributed by atoms with van der Waals surface area (Å²) in [4.78, 5) is 52.5. The number of carbonyl (C=O) groups excluding carboxylic acids is 4. The van der Waals surface area contributed by atoms with Gasteiger partial charge >= 0.3 is 18.0 Å². The van der Waals surface area contributed by atoms with E-state index in [1.54, 1.807) is 31.4 Å². The highest BCUT2D eigenvalue weighted by atomic mass is 79.9. The summed E-state index contributed by atoms with van der Waals surface area (Å²) in [6, 6.07) is 13.8. The fourth-order valence-corrected chi connectivity index (χ4v) is 5.23. The Labute approximate surface area is 231 Å². The van der Waals surface area contributed by atoms with Crippen molar-refractivity contribution in [3.8, 4) is 5.75 Å². The number of thioether (sulfide) groups is 1. The van der Waals surface area contributed by atoms with Crippen molar-refractivity contribution in [3.63, 3.8) is 0 Å². The molecule has 1 N–H and O–H groups in total. The van der Waals surface area contributed by atoms with Gasteiger partial charge in [0.15, 0.2) is 6.04 Å². The molecule has 38 heavy (non-hydrogen) atoms. The number of benzene rings is 2. The second kappa shape index (κ2) is 12.8. The highest BCUT2D eigenvalue weighted by molar-refractivity contribution is 9.09. The quantitative estimate of drug-likeness (QED) is 0.189. The monoisotopic (exact) mass is 604 g/mol. The van der Waals surface area contributed by atoms with Crippen molar-refractivity contribution in [2.75, 3.05) is 19.0 Å². The van der Waals surface area contributed by atoms with Gasteiger partial charge in [-0.05, 0) is 28.7 Å². The Morgan fingerprint density at radius 2 is 1.66 bits per heavy atom. The normalized spacial score (nSPS) is 19.8. The number of halogens is 1. The van der Waals surface area contributed by atoms with E-state index in [0.717, 1.165) is 17.3 Å². The molecule has 0 aromatic heterocycles. The number of carbonyl (C=O) groups is 4. The van der Waals surface area contributed by atoms with Gasteiger partial charge in [-0.3, -0.25) is 4.79 Å². The number of β-lactam (4-membered cyclic amide) rings is 1. The zero-order valence-electron chi connectivity index (χ0n) is 20.3. The van der Waals surface area contributed by atoms with Crippen LogP contribution in [0.3, 0.4) is 0 Å². The molecule has 0 radical (unpaired) electrons. The summed E-state index contributed by atoms with van der Waals surface area (Å²) in [5.41, 5.74) is 1.49. The van der Waals surface area contributed by atoms with Crippen molar-refractivity contribution < 1.29 is 38.1 Å². The number of alkyl halides is 1. The van der Waals surface area contributed by atoms with Crippen LogP contribution in [0, 0.1) is 0 Å². The zero-order valence-corrected chi connectivity index (χ0v) is 22.7. The SMILES string of the molecule is COc1ccc(COC(=O)C2C(C(=O)OCCBr)=CS[C@H]3C(NC(=O)OCc4ccccc4)C(=O)N23)cc1. The van der Waals surface area contributed by atoms with Gasteiger partial charge in [-0.25, -0.2) is 14.4 Å². The van der Waals surface area contributed by atoms with Crippen molar-refractivity contribution in [2.24, 2.45) is 0 Å². The summed E-state index contributed by atoms with van der Waals surface area (Å²) in [5, 5.41) is 3.82. The third-order valence-corrected chi connectivity index (χ3v) is 7.27. The van der Waals surface area contributed by atoms with E-state index in [1.807, 2.05) is 30.3 Å². The van der Waals surface area contributed by atoms with Gasteiger partial charge in [0.2, 0.25) is 5.91 Å². The molecule has 0 spiro atoms. The van der Waals surface area contributed by atoms with Crippen LogP contribution in [0.5, 0.6) is 5.75 Å². The summed E-state index contributed by atoms with van der Waals surface area (Å²) in [6.07, 6.45) is -0.766. The van der Waals surface area contributed by atoms with E-state index in [-0.39, 0.29) is 25.4 Å². The van der Waals surface area contributed by atoms with Crippen molar-refractivity contribution in [1.82, 2.24) is 10.2 Å². The maximum Gasteiger partial charge on any atom is 0.408 e. The fourth-order valence-electron chi connectivity index (χ4n) is 3.86. The fraction of sp³-hybridized carbons (Fsp3) is 0.308. The maximum absolute atomic E-state index is 13.2. The zero-order chi connectivity index (χ0) is 27.1. The molecule has 3 atom stereocenters. The first kappa shape index (κ1) is 27.5. The lowest BCUT2D eigenvalue weighted by Gasteiger charge is -2.51. The molecule has 2 unspecified atom stereocenters. The van der Waals surface area contributed by atoms with Crippen LogP contribution in [0.15, 0.2) is 65.6 Å². The minimum atomic E-state index is -1.31. The molecule has 2 heterocycles. The first-order chi connectivity index (χ1) is 18.4. The Bertz CT molecular complexity index is 1210. The van der Waals surface area contributed by atoms with Gasteiger partial charge in [0.1, 0.15) is 37.0 Å². The van der Waals surface area contributed by atoms with E-state index in [2.05, 4.69) is 21.2 Å². The van der Waals surface area contributed by atoms with Crippen LogP contribution in [0.2, 0.25) is 0 Å². The lowest BCUT2D eigenvalue weighted by Crippen LogP contribution is -2.74. The van der Waals surface area contributed by atoms with Crippen molar-refractivity contribution in [3.05, 3.63) is 76.7 Å². The molecule has 0 saturated carbocycles. The second-order valence-corrected chi connectivity index (χ2v) is 10.00. The Morgan fingerprint density at radius 1 is 0.974 bits per heavy atom. The Hall–Kier alpha value is -3.51. The number of fused-ring (bicyclic) bond motifs is 1. The van der Waals surface area contributed by atoms with E-state index in [0.29, 0.717) is 16.6 Å². The predicted octanol–water partition coefficient (Wildman–Crippen LogP) is 3.14. The summed E-state index contributed by atoms with van der Waals surface area (Å²) >= 11 is 4.32. The first-order valence-electron chi connectivity index (χ1n) is 11.6. The van der Waals surface area contributed by atoms with Gasteiger partial charge in [0.05, 0.1) is 12.7 Å². The topological polar surface area (TPSA) is 120 Å². The van der Waals surface area contributed by atoms with Crippen LogP contribution < -0.4 is 10.1 Å². The molecule has 2 amide bonds. The third-order valence-electron chi connectivity index (χ3n) is 5.78. The average molecular weight is 605 g/mol. The predicted molar refractivity (Wildman–Crippen MR) is 141 cm³/mol. The van der Waals surface area contributed by atoms with Crippen molar-refractivity contribution >= 4 is 51.6 Å². The molecule has 2 aliphatic rings. The van der Waals surface area contributed by atoms with Crippen molar-refractivity contribution in [2.45, 2.75) is 30.7 Å². The summed E-state index contributed by atoms with van der Waals surface area (Å²) in [7, 11) is 1.55. The molecule has 1 saturated heterocycles. The van der Waals surface area contributed by atoms with Crippen LogP contribution in [-0.2, 0) is 41.8 Å². The molecular formula is C26H25BrN2O8S. The van der Waals surface area contributed by atoms with E-state index in [1.165, 1.54) is 10.3 Å². The Morgan fingerprint density at radius 3 is 2.34 bits per heavy atom. The Balaban J connectivity index is 1.44. The van der Waals surface area contributed by atoms with Gasteiger partial charge in [-0.1, -0.05) is 58.4 Å². The van der Waals surface area contributed by atoms with E-state index in [4.69, 9.17) is 18.9 Å². The van der Waals surface area contributed by atoms with Gasteiger partial charge < -0.3 is 29.2 Å². The van der Waals surface area contributed by atoms with Gasteiger partial charge in [-0.15, -0.1) is 11.8 Å². The number of ether oxygens (including phenoxy) is 4. The van der Waals surface area contributed by atoms with Crippen LogP contribution >= 0.6 is 27.7 Å². The lowest BCUT2D eigenvalue weighted by atomic mass is 9.98. The number of amides is 2. The van der Waals surface area contributed by atoms with Crippen LogP contribution in [0.25, 0.3) is 0 Å².